The molecule has 1 aliphatic rings. The van der Waals surface area contributed by atoms with E-state index in [1.165, 1.54) is 0 Å². The minimum Gasteiger partial charge on any atom is -0.496 e. The molecule has 0 saturated heterocycles. The fourth-order valence-corrected chi connectivity index (χ4v) is 3.00. The van der Waals surface area contributed by atoms with E-state index < -0.39 is 0 Å². The van der Waals surface area contributed by atoms with Gasteiger partial charge >= 0.3 is 0 Å². The van der Waals surface area contributed by atoms with Gasteiger partial charge in [0.05, 0.1) is 12.7 Å². The summed E-state index contributed by atoms with van der Waals surface area (Å²) in [7, 11) is 1.60. The van der Waals surface area contributed by atoms with Crippen LogP contribution >= 0.6 is 0 Å². The molecule has 0 N–H and O–H groups in total. The van der Waals surface area contributed by atoms with Gasteiger partial charge in [-0.15, -0.1) is 0 Å². The number of allylic oxidation sites excluding steroid dienone is 2. The van der Waals surface area contributed by atoms with E-state index in [9.17, 15) is 9.59 Å². The summed E-state index contributed by atoms with van der Waals surface area (Å²) in [6.45, 7) is 0. The minimum absolute atomic E-state index is 0.0778. The van der Waals surface area contributed by atoms with Crippen molar-refractivity contribution in [2.75, 3.05) is 7.11 Å². The Morgan fingerprint density at radius 1 is 0.957 bits per heavy atom. The Kier molecular flexibility index (Phi) is 4.38. The lowest BCUT2D eigenvalue weighted by atomic mass is 9.82. The predicted octanol–water partition coefficient (Wildman–Crippen LogP) is 4.08. The molecule has 3 heteroatoms. The topological polar surface area (TPSA) is 43.4 Å². The lowest BCUT2D eigenvalue weighted by Crippen LogP contribution is -2.19. The van der Waals surface area contributed by atoms with E-state index >= 15 is 0 Å². The monoisotopic (exact) mass is 306 g/mol. The maximum atomic E-state index is 12.9. The largest absolute Gasteiger partial charge is 0.496 e. The van der Waals surface area contributed by atoms with Crippen LogP contribution in [0.1, 0.15) is 35.2 Å². The van der Waals surface area contributed by atoms with E-state index in [0.29, 0.717) is 29.7 Å². The Morgan fingerprint density at radius 3 is 2.39 bits per heavy atom. The van der Waals surface area contributed by atoms with Crippen molar-refractivity contribution in [3.8, 4) is 5.75 Å². The highest BCUT2D eigenvalue weighted by Crippen LogP contribution is 2.36. The summed E-state index contributed by atoms with van der Waals surface area (Å²) in [5.41, 5.74) is 2.49. The van der Waals surface area contributed by atoms with Crippen LogP contribution in [0.25, 0.3) is 5.57 Å². The molecule has 1 aliphatic carbocycles. The molecular formula is C20H18O3. The number of hydrogen-bond acceptors (Lipinski definition) is 3. The summed E-state index contributed by atoms with van der Waals surface area (Å²) >= 11 is 0. The fourth-order valence-electron chi connectivity index (χ4n) is 3.00. The average molecular weight is 306 g/mol. The van der Waals surface area contributed by atoms with Crippen molar-refractivity contribution in [3.63, 3.8) is 0 Å². The maximum absolute atomic E-state index is 12.9. The summed E-state index contributed by atoms with van der Waals surface area (Å²) < 4.78 is 5.41. The van der Waals surface area contributed by atoms with Gasteiger partial charge in [0.25, 0.3) is 0 Å². The first-order valence-corrected chi connectivity index (χ1v) is 7.72. The van der Waals surface area contributed by atoms with Crippen molar-refractivity contribution in [1.29, 1.82) is 0 Å². The second-order valence-electron chi connectivity index (χ2n) is 5.53. The minimum atomic E-state index is -0.198. The van der Waals surface area contributed by atoms with Crippen LogP contribution in [0.15, 0.2) is 60.2 Å². The number of rotatable bonds is 4. The number of methoxy groups -OCH3 is 1. The number of carbonyl (C=O) groups excluding carboxylic acids is 2. The second-order valence-corrected chi connectivity index (χ2v) is 5.53. The Labute approximate surface area is 135 Å². The number of carbonyl (C=O) groups is 2. The van der Waals surface area contributed by atoms with E-state index in [1.807, 2.05) is 42.5 Å². The third kappa shape index (κ3) is 2.95. The van der Waals surface area contributed by atoms with Gasteiger partial charge in [-0.1, -0.05) is 48.5 Å². The molecule has 3 rings (SSSR count). The van der Waals surface area contributed by atoms with Crippen LogP contribution in [0.5, 0.6) is 5.75 Å². The molecule has 0 aliphatic heterocycles. The zero-order valence-electron chi connectivity index (χ0n) is 13.0. The van der Waals surface area contributed by atoms with Crippen molar-refractivity contribution < 1.29 is 14.3 Å². The molecule has 0 atom stereocenters. The molecule has 0 aromatic heterocycles. The van der Waals surface area contributed by atoms with Crippen LogP contribution in [0.4, 0.5) is 0 Å². The summed E-state index contributed by atoms with van der Waals surface area (Å²) in [6, 6.07) is 16.5. The zero-order valence-corrected chi connectivity index (χ0v) is 13.0. The van der Waals surface area contributed by atoms with Gasteiger partial charge in [-0.05, 0) is 24.5 Å². The van der Waals surface area contributed by atoms with E-state index in [4.69, 9.17) is 4.74 Å². The van der Waals surface area contributed by atoms with E-state index in [1.54, 1.807) is 19.2 Å². The summed E-state index contributed by atoms with van der Waals surface area (Å²) in [5.74, 6) is 0.415. The summed E-state index contributed by atoms with van der Waals surface area (Å²) in [6.07, 6.45) is 1.89. The van der Waals surface area contributed by atoms with Crippen LogP contribution in [0.2, 0.25) is 0 Å². The maximum Gasteiger partial charge on any atom is 0.196 e. The molecule has 2 aromatic rings. The smallest absolute Gasteiger partial charge is 0.196 e. The van der Waals surface area contributed by atoms with Gasteiger partial charge in [0.15, 0.2) is 11.6 Å². The van der Waals surface area contributed by atoms with E-state index in [-0.39, 0.29) is 11.6 Å². The Hall–Kier alpha value is -2.68. The first kappa shape index (κ1) is 15.2. The standard InChI is InChI=1S/C20H18O3/c1-23-18-13-6-5-10-15(18)16-11-7-12-17(21)19(16)20(22)14-8-3-2-4-9-14/h2-6,8-10,13H,7,11-12H2,1H3. The number of ketones is 2. The van der Waals surface area contributed by atoms with Gasteiger partial charge in [-0.3, -0.25) is 9.59 Å². The van der Waals surface area contributed by atoms with Crippen molar-refractivity contribution in [2.24, 2.45) is 0 Å². The highest BCUT2D eigenvalue weighted by molar-refractivity contribution is 6.31. The summed E-state index contributed by atoms with van der Waals surface area (Å²) in [4.78, 5) is 25.3. The van der Waals surface area contributed by atoms with Crippen LogP contribution in [0.3, 0.4) is 0 Å². The Morgan fingerprint density at radius 2 is 1.65 bits per heavy atom. The number of Topliss-reactive ketones (excluding diaryl/α,β-unsaturated/α-hetero) is 2. The van der Waals surface area contributed by atoms with Crippen molar-refractivity contribution in [1.82, 2.24) is 0 Å². The van der Waals surface area contributed by atoms with Crippen molar-refractivity contribution in [2.45, 2.75) is 19.3 Å². The molecule has 116 valence electrons. The van der Waals surface area contributed by atoms with Gasteiger partial charge in [-0.2, -0.15) is 0 Å². The molecule has 0 unspecified atom stereocenters. The molecule has 2 aromatic carbocycles. The molecule has 3 nitrogen and oxygen atoms in total. The number of benzene rings is 2. The van der Waals surface area contributed by atoms with Crippen LogP contribution in [-0.4, -0.2) is 18.7 Å². The average Bonchev–Trinajstić information content (AvgIpc) is 2.61. The Bertz CT molecular complexity index is 772. The SMILES string of the molecule is COc1ccccc1C1=C(C(=O)c2ccccc2)C(=O)CCC1. The van der Waals surface area contributed by atoms with Crippen LogP contribution < -0.4 is 4.74 Å². The van der Waals surface area contributed by atoms with Crippen LogP contribution in [0, 0.1) is 0 Å². The van der Waals surface area contributed by atoms with Crippen molar-refractivity contribution >= 4 is 17.1 Å². The van der Waals surface area contributed by atoms with Gasteiger partial charge in [0.2, 0.25) is 0 Å². The third-order valence-electron chi connectivity index (χ3n) is 4.11. The molecule has 0 heterocycles. The van der Waals surface area contributed by atoms with Gasteiger partial charge in [0.1, 0.15) is 5.75 Å². The quantitative estimate of drug-likeness (QED) is 0.631. The highest BCUT2D eigenvalue weighted by atomic mass is 16.5. The molecule has 0 bridgehead atoms. The van der Waals surface area contributed by atoms with Gasteiger partial charge in [-0.25, -0.2) is 0 Å². The van der Waals surface area contributed by atoms with E-state index in [2.05, 4.69) is 0 Å². The second kappa shape index (κ2) is 6.61. The number of para-hydroxylation sites is 1. The predicted molar refractivity (Wildman–Crippen MR) is 89.5 cm³/mol. The molecule has 0 amide bonds. The molecule has 23 heavy (non-hydrogen) atoms. The first-order chi connectivity index (χ1) is 11.2. The number of hydrogen-bond donors (Lipinski definition) is 0. The number of ether oxygens (including phenoxy) is 1. The van der Waals surface area contributed by atoms with Gasteiger partial charge < -0.3 is 4.74 Å². The molecule has 0 saturated carbocycles. The molecule has 0 radical (unpaired) electrons. The highest BCUT2D eigenvalue weighted by Gasteiger charge is 2.28. The third-order valence-corrected chi connectivity index (χ3v) is 4.11. The summed E-state index contributed by atoms with van der Waals surface area (Å²) in [5, 5.41) is 0. The Balaban J connectivity index is 2.16. The lowest BCUT2D eigenvalue weighted by molar-refractivity contribution is -0.115. The first-order valence-electron chi connectivity index (χ1n) is 7.72. The van der Waals surface area contributed by atoms with Crippen LogP contribution in [-0.2, 0) is 4.79 Å². The molecular weight excluding hydrogens is 288 g/mol. The molecule has 0 spiro atoms. The normalized spacial score (nSPS) is 14.7. The molecule has 0 fully saturated rings. The van der Waals surface area contributed by atoms with Crippen molar-refractivity contribution in [3.05, 3.63) is 71.3 Å². The fraction of sp³-hybridized carbons (Fsp3) is 0.200. The lowest BCUT2D eigenvalue weighted by Gasteiger charge is -2.20. The zero-order chi connectivity index (χ0) is 16.2. The van der Waals surface area contributed by atoms with E-state index in [0.717, 1.165) is 17.6 Å². The van der Waals surface area contributed by atoms with Gasteiger partial charge in [0, 0.05) is 17.5 Å².